The van der Waals surface area contributed by atoms with E-state index >= 15 is 0 Å². The highest BCUT2D eigenvalue weighted by molar-refractivity contribution is 6.36. The van der Waals surface area contributed by atoms with Crippen LogP contribution in [0.3, 0.4) is 0 Å². The number of fused-ring (bicyclic) bond motifs is 4. The Morgan fingerprint density at radius 3 is 2.87 bits per heavy atom. The van der Waals surface area contributed by atoms with Gasteiger partial charge in [-0.2, -0.15) is 15.1 Å². The van der Waals surface area contributed by atoms with Crippen molar-refractivity contribution in [3.63, 3.8) is 0 Å². The van der Waals surface area contributed by atoms with E-state index < -0.39 is 0 Å². The standard InChI is InChI=1S/C28H32ClN7O2/c1-16-12-21-20(14-31-34-21)23(25(16)29)19-13-22-24(26-18(19)5-11-37-26)27(36-9-6-30-7-10-36)33-28(32-22)38-15-17-4-3-8-35(17)2/h12-14,17,30H,3-11,15H2,1-2H3,(H,31,34). The molecule has 9 nitrogen and oxygen atoms in total. The fraction of sp³-hybridized carbons (Fsp3) is 0.464. The molecule has 0 aliphatic carbocycles. The van der Waals surface area contributed by atoms with Gasteiger partial charge in [-0.15, -0.1) is 0 Å². The molecule has 4 aromatic rings. The number of hydrogen-bond donors (Lipinski definition) is 2. The number of aromatic nitrogens is 4. The number of aryl methyl sites for hydroxylation is 1. The second-order valence-electron chi connectivity index (χ2n) is 10.6. The minimum absolute atomic E-state index is 0.385. The van der Waals surface area contributed by atoms with Gasteiger partial charge in [-0.25, -0.2) is 0 Å². The quantitative estimate of drug-likeness (QED) is 0.398. The Bertz CT molecular complexity index is 1530. The first-order chi connectivity index (χ1) is 18.6. The Morgan fingerprint density at radius 1 is 1.18 bits per heavy atom. The predicted octanol–water partition coefficient (Wildman–Crippen LogP) is 3.95. The van der Waals surface area contributed by atoms with Gasteiger partial charge in [0, 0.05) is 55.2 Å². The van der Waals surface area contributed by atoms with Gasteiger partial charge in [0.2, 0.25) is 0 Å². The molecule has 3 aliphatic heterocycles. The molecule has 10 heteroatoms. The highest BCUT2D eigenvalue weighted by Gasteiger charge is 2.30. The van der Waals surface area contributed by atoms with E-state index in [4.69, 9.17) is 31.0 Å². The summed E-state index contributed by atoms with van der Waals surface area (Å²) in [5.74, 6) is 1.75. The molecule has 0 saturated carbocycles. The highest BCUT2D eigenvalue weighted by Crippen LogP contribution is 2.48. The van der Waals surface area contributed by atoms with Crippen molar-refractivity contribution in [2.45, 2.75) is 32.2 Å². The maximum atomic E-state index is 6.98. The molecule has 0 bridgehead atoms. The number of likely N-dealkylation sites (tertiary alicyclic amines) is 1. The molecule has 2 saturated heterocycles. The van der Waals surface area contributed by atoms with Crippen LogP contribution in [0.25, 0.3) is 32.9 Å². The summed E-state index contributed by atoms with van der Waals surface area (Å²) in [6, 6.07) is 5.00. The second-order valence-corrected chi connectivity index (χ2v) is 11.0. The van der Waals surface area contributed by atoms with Crippen LogP contribution in [-0.2, 0) is 6.42 Å². The van der Waals surface area contributed by atoms with Crippen molar-refractivity contribution in [1.29, 1.82) is 0 Å². The van der Waals surface area contributed by atoms with E-state index in [1.54, 1.807) is 0 Å². The van der Waals surface area contributed by atoms with E-state index in [0.717, 1.165) is 106 Å². The zero-order valence-corrected chi connectivity index (χ0v) is 22.6. The van der Waals surface area contributed by atoms with Crippen LogP contribution < -0.4 is 19.7 Å². The molecule has 2 N–H and O–H groups in total. The second kappa shape index (κ2) is 9.55. The molecule has 1 unspecified atom stereocenters. The third-order valence-corrected chi connectivity index (χ3v) is 8.72. The number of aromatic amines is 1. The van der Waals surface area contributed by atoms with Crippen LogP contribution >= 0.6 is 11.6 Å². The third kappa shape index (κ3) is 3.95. The predicted molar refractivity (Wildman–Crippen MR) is 150 cm³/mol. The van der Waals surface area contributed by atoms with Crippen LogP contribution in [0, 0.1) is 6.92 Å². The van der Waals surface area contributed by atoms with Crippen LogP contribution in [0.2, 0.25) is 5.02 Å². The van der Waals surface area contributed by atoms with Gasteiger partial charge in [-0.05, 0) is 56.6 Å². The first-order valence-corrected chi connectivity index (χ1v) is 13.9. The molecule has 1 atom stereocenters. The summed E-state index contributed by atoms with van der Waals surface area (Å²) in [6.45, 7) is 7.88. The number of ether oxygens (including phenoxy) is 2. The fourth-order valence-corrected chi connectivity index (χ4v) is 6.40. The van der Waals surface area contributed by atoms with Gasteiger partial charge in [0.05, 0.1) is 34.2 Å². The Balaban J connectivity index is 1.43. The number of hydrogen-bond acceptors (Lipinski definition) is 8. The zero-order chi connectivity index (χ0) is 25.8. The van der Waals surface area contributed by atoms with Crippen LogP contribution in [0.15, 0.2) is 18.3 Å². The molecule has 7 rings (SSSR count). The number of benzene rings is 2. The fourth-order valence-electron chi connectivity index (χ4n) is 6.14. The van der Waals surface area contributed by atoms with Crippen molar-refractivity contribution in [2.24, 2.45) is 0 Å². The average molecular weight is 534 g/mol. The number of halogens is 1. The van der Waals surface area contributed by atoms with E-state index in [-0.39, 0.29) is 0 Å². The lowest BCUT2D eigenvalue weighted by molar-refractivity contribution is 0.188. The number of rotatable bonds is 5. The van der Waals surface area contributed by atoms with E-state index in [1.165, 1.54) is 6.42 Å². The van der Waals surface area contributed by atoms with Gasteiger partial charge in [-0.3, -0.25) is 5.10 Å². The van der Waals surface area contributed by atoms with Crippen molar-refractivity contribution in [1.82, 2.24) is 30.4 Å². The van der Waals surface area contributed by atoms with Crippen LogP contribution in [0.1, 0.15) is 24.0 Å². The van der Waals surface area contributed by atoms with Gasteiger partial charge in [-0.1, -0.05) is 11.6 Å². The first-order valence-electron chi connectivity index (χ1n) is 13.5. The van der Waals surface area contributed by atoms with E-state index in [9.17, 15) is 0 Å². The van der Waals surface area contributed by atoms with Crippen LogP contribution in [-0.4, -0.2) is 84.1 Å². The maximum Gasteiger partial charge on any atom is 0.319 e. The molecular formula is C28H32ClN7O2. The summed E-state index contributed by atoms with van der Waals surface area (Å²) in [5.41, 5.74) is 5.93. The summed E-state index contributed by atoms with van der Waals surface area (Å²) >= 11 is 6.98. The van der Waals surface area contributed by atoms with Crippen molar-refractivity contribution in [3.05, 3.63) is 34.5 Å². The van der Waals surface area contributed by atoms with Crippen LogP contribution in [0.5, 0.6) is 11.8 Å². The topological polar surface area (TPSA) is 91.4 Å². The Labute approximate surface area is 226 Å². The molecule has 198 valence electrons. The normalized spacial score (nSPS) is 19.9. The lowest BCUT2D eigenvalue weighted by atomic mass is 9.92. The lowest BCUT2D eigenvalue weighted by Gasteiger charge is -2.30. The van der Waals surface area contributed by atoms with E-state index in [1.807, 2.05) is 19.2 Å². The summed E-state index contributed by atoms with van der Waals surface area (Å²) in [7, 11) is 2.16. The van der Waals surface area contributed by atoms with Gasteiger partial charge >= 0.3 is 6.01 Å². The molecule has 2 fully saturated rings. The summed E-state index contributed by atoms with van der Waals surface area (Å²) < 4.78 is 12.6. The summed E-state index contributed by atoms with van der Waals surface area (Å²) in [4.78, 5) is 14.6. The molecule has 0 spiro atoms. The molecular weight excluding hydrogens is 502 g/mol. The zero-order valence-electron chi connectivity index (χ0n) is 21.8. The lowest BCUT2D eigenvalue weighted by Crippen LogP contribution is -2.44. The monoisotopic (exact) mass is 533 g/mol. The van der Waals surface area contributed by atoms with Crippen molar-refractivity contribution >= 4 is 39.2 Å². The highest BCUT2D eigenvalue weighted by atomic mass is 35.5. The minimum atomic E-state index is 0.385. The number of H-pyrrole nitrogens is 1. The largest absolute Gasteiger partial charge is 0.492 e. The average Bonchev–Trinajstić information content (AvgIpc) is 3.69. The maximum absolute atomic E-state index is 6.98. The third-order valence-electron chi connectivity index (χ3n) is 8.23. The van der Waals surface area contributed by atoms with Gasteiger partial charge < -0.3 is 24.6 Å². The molecule has 0 amide bonds. The number of nitrogens with zero attached hydrogens (tertiary/aromatic N) is 5. The molecule has 0 radical (unpaired) electrons. The van der Waals surface area contributed by atoms with Gasteiger partial charge in [0.15, 0.2) is 0 Å². The smallest absolute Gasteiger partial charge is 0.319 e. The molecule has 5 heterocycles. The van der Waals surface area contributed by atoms with E-state index in [2.05, 4.69) is 38.4 Å². The summed E-state index contributed by atoms with van der Waals surface area (Å²) in [6.07, 6.45) is 4.98. The van der Waals surface area contributed by atoms with Crippen LogP contribution in [0.4, 0.5) is 5.82 Å². The summed E-state index contributed by atoms with van der Waals surface area (Å²) in [5, 5.41) is 13.5. The molecule has 3 aliphatic rings. The van der Waals surface area contributed by atoms with E-state index in [0.29, 0.717) is 25.3 Å². The number of anilines is 1. The molecule has 2 aromatic carbocycles. The van der Waals surface area contributed by atoms with Crippen molar-refractivity contribution in [2.75, 3.05) is 57.9 Å². The van der Waals surface area contributed by atoms with Crippen molar-refractivity contribution in [3.8, 4) is 22.9 Å². The Hall–Kier alpha value is -3.14. The number of likely N-dealkylation sites (N-methyl/N-ethyl adjacent to an activating group) is 1. The Morgan fingerprint density at radius 2 is 2.05 bits per heavy atom. The molecule has 38 heavy (non-hydrogen) atoms. The SMILES string of the molecule is Cc1cc2[nH]ncc2c(-c2cc3nc(OCC4CCCN4C)nc(N4CCNCC4)c3c3c2CCO3)c1Cl. The Kier molecular flexibility index (Phi) is 6.02. The minimum Gasteiger partial charge on any atom is -0.492 e. The molecule has 2 aromatic heterocycles. The van der Waals surface area contributed by atoms with Crippen molar-refractivity contribution < 1.29 is 9.47 Å². The number of piperazine rings is 1. The van der Waals surface area contributed by atoms with Gasteiger partial charge in [0.1, 0.15) is 18.2 Å². The van der Waals surface area contributed by atoms with Gasteiger partial charge in [0.25, 0.3) is 0 Å². The number of nitrogens with one attached hydrogen (secondary N) is 2. The first kappa shape index (κ1) is 23.9.